The van der Waals surface area contributed by atoms with Gasteiger partial charge in [0.15, 0.2) is 11.5 Å². The van der Waals surface area contributed by atoms with Crippen LogP contribution in [0, 0.1) is 5.92 Å². The summed E-state index contributed by atoms with van der Waals surface area (Å²) in [5.74, 6) is -0.983. The summed E-state index contributed by atoms with van der Waals surface area (Å²) in [7, 11) is 1.46. The molecule has 0 radical (unpaired) electrons. The van der Waals surface area contributed by atoms with E-state index in [-0.39, 0.29) is 45.2 Å². The molecule has 3 aromatic rings. The summed E-state index contributed by atoms with van der Waals surface area (Å²) in [6, 6.07) is 3.78. The summed E-state index contributed by atoms with van der Waals surface area (Å²) in [6.07, 6.45) is 0.859. The van der Waals surface area contributed by atoms with Gasteiger partial charge in [0.05, 0.1) is 34.1 Å². The summed E-state index contributed by atoms with van der Waals surface area (Å²) >= 11 is 6.41. The first-order valence-electron chi connectivity index (χ1n) is 13.9. The van der Waals surface area contributed by atoms with Gasteiger partial charge in [-0.25, -0.2) is 4.98 Å². The van der Waals surface area contributed by atoms with E-state index >= 15 is 0 Å². The fraction of sp³-hybridized carbons (Fsp3) is 0.464. The molecule has 0 spiro atoms. The van der Waals surface area contributed by atoms with Crippen LogP contribution in [0.15, 0.2) is 30.6 Å². The molecule has 3 amide bonds. The van der Waals surface area contributed by atoms with Crippen molar-refractivity contribution in [2.24, 2.45) is 18.7 Å². The van der Waals surface area contributed by atoms with Crippen molar-refractivity contribution in [3.63, 3.8) is 0 Å². The largest absolute Gasteiger partial charge is 0.435 e. The third-order valence-electron chi connectivity index (χ3n) is 7.89. The lowest BCUT2D eigenvalue weighted by molar-refractivity contribution is -0.141. The standard InChI is InChI=1S/C28H32ClF3N8O3/c1-16(33)26(42)38-8-10-39(11-9-38)27(43)19-7-6-18(12-21(19)29)35-25(41)24-34-13-22(37(24)2)20-15-40(14-17-4-3-5-17)36-23(20)28(30,31)32/h6-7,12-13,15-17H,3-5,8-11,14,33H2,1-2H3,(H,35,41). The number of nitrogens with one attached hydrogen (secondary N) is 1. The number of benzene rings is 1. The minimum Gasteiger partial charge on any atom is -0.338 e. The molecule has 2 fully saturated rings. The normalized spacial score (nSPS) is 16.6. The maximum atomic E-state index is 13.8. The van der Waals surface area contributed by atoms with E-state index in [4.69, 9.17) is 17.3 Å². The molecule has 230 valence electrons. The highest BCUT2D eigenvalue weighted by atomic mass is 35.5. The van der Waals surface area contributed by atoms with E-state index in [9.17, 15) is 27.6 Å². The number of halogens is 4. The monoisotopic (exact) mass is 620 g/mol. The van der Waals surface area contributed by atoms with Gasteiger partial charge < -0.3 is 25.4 Å². The number of carbonyl (C=O) groups is 3. The fourth-order valence-electron chi connectivity index (χ4n) is 5.26. The second kappa shape index (κ2) is 12.0. The van der Waals surface area contributed by atoms with Crippen LogP contribution in [0.1, 0.15) is 52.9 Å². The van der Waals surface area contributed by atoms with Crippen molar-refractivity contribution in [3.8, 4) is 11.3 Å². The molecule has 0 bridgehead atoms. The van der Waals surface area contributed by atoms with E-state index in [0.29, 0.717) is 38.6 Å². The second-order valence-electron chi connectivity index (χ2n) is 11.0. The number of rotatable bonds is 7. The van der Waals surface area contributed by atoms with Crippen molar-refractivity contribution < 1.29 is 27.6 Å². The molecule has 1 atom stereocenters. The van der Waals surface area contributed by atoms with Crippen LogP contribution in [0.2, 0.25) is 5.02 Å². The molecule has 1 aromatic carbocycles. The molecule has 2 aromatic heterocycles. The zero-order valence-electron chi connectivity index (χ0n) is 23.7. The molecule has 1 aliphatic carbocycles. The number of alkyl halides is 3. The molecule has 11 nitrogen and oxygen atoms in total. The molecule has 2 aliphatic rings. The lowest BCUT2D eigenvalue weighted by Gasteiger charge is -2.35. The van der Waals surface area contributed by atoms with E-state index in [1.807, 2.05) is 0 Å². The van der Waals surface area contributed by atoms with Crippen molar-refractivity contribution >= 4 is 35.0 Å². The number of hydrogen-bond acceptors (Lipinski definition) is 6. The Morgan fingerprint density at radius 3 is 2.40 bits per heavy atom. The van der Waals surface area contributed by atoms with Crippen molar-refractivity contribution in [2.45, 2.75) is 44.9 Å². The quantitative estimate of drug-likeness (QED) is 0.415. The number of imidazole rings is 1. The maximum Gasteiger partial charge on any atom is 0.435 e. The lowest BCUT2D eigenvalue weighted by atomic mass is 9.85. The molecular formula is C28H32ClF3N8O3. The third-order valence-corrected chi connectivity index (χ3v) is 8.21. The number of amides is 3. The van der Waals surface area contributed by atoms with Gasteiger partial charge in [-0.3, -0.25) is 19.1 Å². The Balaban J connectivity index is 1.28. The first-order chi connectivity index (χ1) is 20.3. The highest BCUT2D eigenvalue weighted by molar-refractivity contribution is 6.34. The molecule has 5 rings (SSSR count). The third kappa shape index (κ3) is 6.39. The predicted molar refractivity (Wildman–Crippen MR) is 152 cm³/mol. The van der Waals surface area contributed by atoms with Gasteiger partial charge in [0.1, 0.15) is 0 Å². The van der Waals surface area contributed by atoms with Crippen LogP contribution in [0.4, 0.5) is 18.9 Å². The maximum absolute atomic E-state index is 13.8. The topological polar surface area (TPSA) is 131 Å². The molecule has 3 N–H and O–H groups in total. The van der Waals surface area contributed by atoms with Gasteiger partial charge in [-0.05, 0) is 43.9 Å². The summed E-state index contributed by atoms with van der Waals surface area (Å²) in [6.45, 7) is 3.37. The van der Waals surface area contributed by atoms with Crippen LogP contribution in [0.3, 0.4) is 0 Å². The van der Waals surface area contributed by atoms with Gasteiger partial charge in [0.2, 0.25) is 5.91 Å². The van der Waals surface area contributed by atoms with E-state index in [1.165, 1.54) is 46.9 Å². The first kappa shape index (κ1) is 30.5. The number of hydrogen-bond donors (Lipinski definition) is 2. The van der Waals surface area contributed by atoms with Crippen LogP contribution >= 0.6 is 11.6 Å². The van der Waals surface area contributed by atoms with Gasteiger partial charge >= 0.3 is 6.18 Å². The van der Waals surface area contributed by atoms with E-state index in [2.05, 4.69) is 15.4 Å². The predicted octanol–water partition coefficient (Wildman–Crippen LogP) is 3.64. The van der Waals surface area contributed by atoms with Gasteiger partial charge in [0, 0.05) is 51.7 Å². The zero-order valence-corrected chi connectivity index (χ0v) is 24.5. The minimum atomic E-state index is -4.68. The van der Waals surface area contributed by atoms with E-state index < -0.39 is 23.8 Å². The fourth-order valence-corrected chi connectivity index (χ4v) is 5.53. The molecule has 1 saturated carbocycles. The Kier molecular flexibility index (Phi) is 8.52. The van der Waals surface area contributed by atoms with Crippen LogP contribution in [-0.2, 0) is 24.6 Å². The molecule has 1 unspecified atom stereocenters. The van der Waals surface area contributed by atoms with Gasteiger partial charge in [-0.2, -0.15) is 18.3 Å². The molecule has 1 aliphatic heterocycles. The van der Waals surface area contributed by atoms with Crippen molar-refractivity contribution in [2.75, 3.05) is 31.5 Å². The van der Waals surface area contributed by atoms with Gasteiger partial charge in [-0.15, -0.1) is 0 Å². The Bertz CT molecular complexity index is 1540. The molecule has 43 heavy (non-hydrogen) atoms. The summed E-state index contributed by atoms with van der Waals surface area (Å²) in [5, 5.41) is 6.55. The van der Waals surface area contributed by atoms with Crippen LogP contribution < -0.4 is 11.1 Å². The Morgan fingerprint density at radius 1 is 1.14 bits per heavy atom. The van der Waals surface area contributed by atoms with Crippen LogP contribution in [0.25, 0.3) is 11.3 Å². The number of nitrogens with zero attached hydrogens (tertiary/aromatic N) is 6. The Hall–Kier alpha value is -3.91. The SMILES string of the molecule is CC(N)C(=O)N1CCN(C(=O)c2ccc(NC(=O)c3ncc(-c4cn(CC5CCC5)nc4C(F)(F)F)n3C)cc2Cl)CC1. The van der Waals surface area contributed by atoms with Crippen molar-refractivity contribution in [1.82, 2.24) is 29.1 Å². The van der Waals surface area contributed by atoms with E-state index in [1.54, 1.807) is 16.7 Å². The average molecular weight is 621 g/mol. The van der Waals surface area contributed by atoms with Crippen molar-refractivity contribution in [1.29, 1.82) is 0 Å². The Labute approximate surface area is 250 Å². The summed E-state index contributed by atoms with van der Waals surface area (Å²) in [4.78, 5) is 45.5. The summed E-state index contributed by atoms with van der Waals surface area (Å²) < 4.78 is 44.1. The highest BCUT2D eigenvalue weighted by Crippen LogP contribution is 2.37. The van der Waals surface area contributed by atoms with Crippen molar-refractivity contribution in [3.05, 3.63) is 52.7 Å². The minimum absolute atomic E-state index is 0.0963. The number of anilines is 1. The van der Waals surface area contributed by atoms with Crippen LogP contribution in [-0.4, -0.2) is 79.1 Å². The molecule has 15 heteroatoms. The Morgan fingerprint density at radius 2 is 1.81 bits per heavy atom. The van der Waals surface area contributed by atoms with Crippen LogP contribution in [0.5, 0.6) is 0 Å². The second-order valence-corrected chi connectivity index (χ2v) is 11.4. The number of aromatic nitrogens is 4. The molecular weight excluding hydrogens is 589 g/mol. The summed E-state index contributed by atoms with van der Waals surface area (Å²) in [5.41, 5.74) is 5.07. The average Bonchev–Trinajstić information content (AvgIpc) is 3.53. The number of piperazine rings is 1. The highest BCUT2D eigenvalue weighted by Gasteiger charge is 2.39. The number of nitrogens with two attached hydrogens (primary N) is 1. The smallest absolute Gasteiger partial charge is 0.338 e. The van der Waals surface area contributed by atoms with Gasteiger partial charge in [-0.1, -0.05) is 18.0 Å². The molecule has 3 heterocycles. The van der Waals surface area contributed by atoms with E-state index in [0.717, 1.165) is 19.3 Å². The number of carbonyl (C=O) groups excluding carboxylic acids is 3. The molecule has 1 saturated heterocycles. The lowest BCUT2D eigenvalue weighted by Crippen LogP contribution is -2.53. The van der Waals surface area contributed by atoms with Gasteiger partial charge in [0.25, 0.3) is 11.8 Å². The zero-order chi connectivity index (χ0) is 31.1. The first-order valence-corrected chi connectivity index (χ1v) is 14.3.